The average Bonchev–Trinajstić information content (AvgIpc) is 2.36. The molecule has 0 saturated carbocycles. The van der Waals surface area contributed by atoms with Gasteiger partial charge in [0.15, 0.2) is 0 Å². The Kier molecular flexibility index (Phi) is 6.82. The molecule has 1 atom stereocenters. The molecule has 0 bridgehead atoms. The highest BCUT2D eigenvalue weighted by atomic mass is 79.9. The van der Waals surface area contributed by atoms with Crippen molar-refractivity contribution < 1.29 is 4.39 Å². The third kappa shape index (κ3) is 4.34. The van der Waals surface area contributed by atoms with Gasteiger partial charge in [-0.15, -0.1) is 0 Å². The van der Waals surface area contributed by atoms with Crippen LogP contribution in [-0.2, 0) is 0 Å². The van der Waals surface area contributed by atoms with Gasteiger partial charge in [0.25, 0.3) is 0 Å². The second kappa shape index (κ2) is 7.87. The zero-order chi connectivity index (χ0) is 13.5. The maximum absolute atomic E-state index is 13.9. The first-order valence-corrected chi connectivity index (χ1v) is 7.30. The van der Waals surface area contributed by atoms with Crippen molar-refractivity contribution >= 4 is 15.9 Å². The van der Waals surface area contributed by atoms with Crippen LogP contribution in [0.3, 0.4) is 0 Å². The van der Waals surface area contributed by atoms with Crippen LogP contribution in [0.5, 0.6) is 0 Å². The Balaban J connectivity index is 2.71. The zero-order valence-electron chi connectivity index (χ0n) is 11.0. The van der Waals surface area contributed by atoms with Crippen LogP contribution in [0.4, 0.5) is 4.39 Å². The average molecular weight is 317 g/mol. The first kappa shape index (κ1) is 15.6. The number of hydrogen-bond acceptors (Lipinski definition) is 2. The van der Waals surface area contributed by atoms with Crippen LogP contribution < -0.4 is 11.1 Å². The summed E-state index contributed by atoms with van der Waals surface area (Å²) in [5, 5.41) is 3.37. The molecule has 1 unspecified atom stereocenters. The van der Waals surface area contributed by atoms with Gasteiger partial charge in [-0.2, -0.15) is 0 Å². The van der Waals surface area contributed by atoms with Gasteiger partial charge in [-0.25, -0.2) is 4.39 Å². The van der Waals surface area contributed by atoms with Crippen molar-refractivity contribution in [2.24, 2.45) is 11.7 Å². The minimum Gasteiger partial charge on any atom is -0.329 e. The molecule has 0 aliphatic rings. The van der Waals surface area contributed by atoms with Gasteiger partial charge in [0.05, 0.1) is 0 Å². The minimum absolute atomic E-state index is 0.112. The molecule has 1 aromatic carbocycles. The van der Waals surface area contributed by atoms with Crippen molar-refractivity contribution in [1.29, 1.82) is 0 Å². The number of nitrogens with two attached hydrogens (primary N) is 1. The molecule has 0 amide bonds. The standard InChI is InChI=1S/C14H22BrFN2/c1-3-10(4-2)9-18-14(8-17)12-6-5-11(15)7-13(12)16/h5-7,10,14,18H,3-4,8-9,17H2,1-2H3. The van der Waals surface area contributed by atoms with E-state index in [-0.39, 0.29) is 11.9 Å². The molecule has 4 heteroatoms. The quantitative estimate of drug-likeness (QED) is 0.806. The monoisotopic (exact) mass is 316 g/mol. The van der Waals surface area contributed by atoms with Crippen LogP contribution in [-0.4, -0.2) is 13.1 Å². The van der Waals surface area contributed by atoms with E-state index >= 15 is 0 Å². The molecular formula is C14H22BrFN2. The topological polar surface area (TPSA) is 38.0 Å². The van der Waals surface area contributed by atoms with Gasteiger partial charge >= 0.3 is 0 Å². The normalized spacial score (nSPS) is 13.0. The van der Waals surface area contributed by atoms with Crippen molar-refractivity contribution in [2.45, 2.75) is 32.7 Å². The fourth-order valence-corrected chi connectivity index (χ4v) is 2.32. The summed E-state index contributed by atoms with van der Waals surface area (Å²) in [6.07, 6.45) is 2.26. The lowest BCUT2D eigenvalue weighted by molar-refractivity contribution is 0.407. The highest BCUT2D eigenvalue weighted by Gasteiger charge is 2.15. The fourth-order valence-electron chi connectivity index (χ4n) is 1.99. The molecule has 0 spiro atoms. The van der Waals surface area contributed by atoms with E-state index in [0.29, 0.717) is 18.0 Å². The van der Waals surface area contributed by atoms with Crippen molar-refractivity contribution in [2.75, 3.05) is 13.1 Å². The summed E-state index contributed by atoms with van der Waals surface area (Å²) in [6, 6.07) is 5.01. The van der Waals surface area contributed by atoms with Crippen molar-refractivity contribution in [3.05, 3.63) is 34.1 Å². The van der Waals surface area contributed by atoms with E-state index in [1.165, 1.54) is 6.07 Å². The number of nitrogens with one attached hydrogen (secondary N) is 1. The molecule has 3 N–H and O–H groups in total. The third-order valence-corrected chi connectivity index (χ3v) is 3.87. The van der Waals surface area contributed by atoms with Gasteiger partial charge in [0.1, 0.15) is 5.82 Å². The summed E-state index contributed by atoms with van der Waals surface area (Å²) in [4.78, 5) is 0. The summed E-state index contributed by atoms with van der Waals surface area (Å²) < 4.78 is 14.6. The molecular weight excluding hydrogens is 295 g/mol. The first-order valence-electron chi connectivity index (χ1n) is 6.50. The minimum atomic E-state index is -0.211. The Morgan fingerprint density at radius 2 is 2.00 bits per heavy atom. The van der Waals surface area contributed by atoms with E-state index in [1.54, 1.807) is 6.07 Å². The Bertz CT molecular complexity index is 367. The summed E-state index contributed by atoms with van der Waals surface area (Å²) in [5.41, 5.74) is 6.39. The van der Waals surface area contributed by atoms with Gasteiger partial charge in [-0.3, -0.25) is 0 Å². The van der Waals surface area contributed by atoms with Gasteiger partial charge < -0.3 is 11.1 Å². The van der Waals surface area contributed by atoms with Crippen molar-refractivity contribution in [1.82, 2.24) is 5.32 Å². The highest BCUT2D eigenvalue weighted by Crippen LogP contribution is 2.21. The maximum atomic E-state index is 13.9. The van der Waals surface area contributed by atoms with Crippen LogP contribution in [0.25, 0.3) is 0 Å². The van der Waals surface area contributed by atoms with Crippen molar-refractivity contribution in [3.63, 3.8) is 0 Å². The molecule has 0 heterocycles. The van der Waals surface area contributed by atoms with Gasteiger partial charge in [-0.05, 0) is 24.6 Å². The summed E-state index contributed by atoms with van der Waals surface area (Å²) in [7, 11) is 0. The number of halogens is 2. The molecule has 102 valence electrons. The van der Waals surface area contributed by atoms with Gasteiger partial charge in [-0.1, -0.05) is 48.7 Å². The molecule has 1 rings (SSSR count). The molecule has 0 radical (unpaired) electrons. The lowest BCUT2D eigenvalue weighted by Gasteiger charge is -2.21. The molecule has 0 aromatic heterocycles. The van der Waals surface area contributed by atoms with Crippen LogP contribution in [0, 0.1) is 11.7 Å². The molecule has 1 aromatic rings. The van der Waals surface area contributed by atoms with Crippen LogP contribution >= 0.6 is 15.9 Å². The van der Waals surface area contributed by atoms with Gasteiger partial charge in [0.2, 0.25) is 0 Å². The number of hydrogen-bond donors (Lipinski definition) is 2. The smallest absolute Gasteiger partial charge is 0.129 e. The van der Waals surface area contributed by atoms with E-state index in [1.807, 2.05) is 6.07 Å². The van der Waals surface area contributed by atoms with Crippen LogP contribution in [0.2, 0.25) is 0 Å². The van der Waals surface area contributed by atoms with E-state index < -0.39 is 0 Å². The van der Waals surface area contributed by atoms with Crippen LogP contribution in [0.15, 0.2) is 22.7 Å². The summed E-state index contributed by atoms with van der Waals surface area (Å²) >= 11 is 3.26. The molecule has 2 nitrogen and oxygen atoms in total. The van der Waals surface area contributed by atoms with Gasteiger partial charge in [0, 0.05) is 22.6 Å². The molecule has 0 aliphatic heterocycles. The summed E-state index contributed by atoms with van der Waals surface area (Å²) in [6.45, 7) is 5.63. The SMILES string of the molecule is CCC(CC)CNC(CN)c1ccc(Br)cc1F. The number of rotatable bonds is 7. The third-order valence-electron chi connectivity index (χ3n) is 3.38. The molecule has 18 heavy (non-hydrogen) atoms. The fraction of sp³-hybridized carbons (Fsp3) is 0.571. The first-order chi connectivity index (χ1) is 8.62. The molecule has 0 fully saturated rings. The Morgan fingerprint density at radius 3 is 2.50 bits per heavy atom. The molecule has 0 aliphatic carbocycles. The summed E-state index contributed by atoms with van der Waals surface area (Å²) in [5.74, 6) is 0.412. The maximum Gasteiger partial charge on any atom is 0.129 e. The second-order valence-corrected chi connectivity index (χ2v) is 5.46. The second-order valence-electron chi connectivity index (χ2n) is 4.54. The van der Waals surface area contributed by atoms with E-state index in [0.717, 1.165) is 23.9 Å². The Labute approximate surface area is 117 Å². The Hall–Kier alpha value is -0.450. The van der Waals surface area contributed by atoms with E-state index in [9.17, 15) is 4.39 Å². The lowest BCUT2D eigenvalue weighted by atomic mass is 10.0. The largest absolute Gasteiger partial charge is 0.329 e. The highest BCUT2D eigenvalue weighted by molar-refractivity contribution is 9.10. The van der Waals surface area contributed by atoms with Crippen molar-refractivity contribution in [3.8, 4) is 0 Å². The van der Waals surface area contributed by atoms with E-state index in [2.05, 4.69) is 35.1 Å². The predicted molar refractivity (Wildman–Crippen MR) is 78.0 cm³/mol. The Morgan fingerprint density at radius 1 is 1.33 bits per heavy atom. The van der Waals surface area contributed by atoms with Crippen LogP contribution in [0.1, 0.15) is 38.3 Å². The zero-order valence-corrected chi connectivity index (χ0v) is 12.6. The predicted octanol–water partition coefficient (Wildman–Crippen LogP) is 3.61. The van der Waals surface area contributed by atoms with E-state index in [4.69, 9.17) is 5.73 Å². The molecule has 0 saturated heterocycles. The number of benzene rings is 1. The lowest BCUT2D eigenvalue weighted by Crippen LogP contribution is -2.32.